The van der Waals surface area contributed by atoms with Crippen LogP contribution in [-0.4, -0.2) is 53.6 Å². The lowest BCUT2D eigenvalue weighted by Gasteiger charge is -2.29. The van der Waals surface area contributed by atoms with Crippen molar-refractivity contribution in [3.63, 3.8) is 0 Å². The predicted molar refractivity (Wildman–Crippen MR) is 113 cm³/mol. The zero-order valence-corrected chi connectivity index (χ0v) is 18.3. The van der Waals surface area contributed by atoms with Crippen LogP contribution in [0.15, 0.2) is 16.9 Å². The number of nitrogens with one attached hydrogen (secondary N) is 2. The fraction of sp³-hybridized carbons (Fsp3) is 0.524. The number of carbonyl (C=O) groups is 1. The van der Waals surface area contributed by atoms with Gasteiger partial charge in [0, 0.05) is 6.07 Å². The maximum Gasteiger partial charge on any atom is 0.258 e. The van der Waals surface area contributed by atoms with Crippen LogP contribution in [0.2, 0.25) is 0 Å². The number of aromatic amines is 1. The van der Waals surface area contributed by atoms with Crippen LogP contribution in [-0.2, 0) is 11.3 Å². The summed E-state index contributed by atoms with van der Waals surface area (Å²) in [5, 5.41) is 12.6. The summed E-state index contributed by atoms with van der Waals surface area (Å²) in [6, 6.07) is 5.40. The van der Waals surface area contributed by atoms with E-state index in [9.17, 15) is 14.9 Å². The minimum atomic E-state index is -0.943. The first kappa shape index (κ1) is 23.2. The molecule has 1 aromatic carbocycles. The van der Waals surface area contributed by atoms with E-state index in [0.29, 0.717) is 34.8 Å². The number of H-pyrrole nitrogens is 1. The Morgan fingerprint density at radius 1 is 1.33 bits per heavy atom. The van der Waals surface area contributed by atoms with E-state index in [1.807, 2.05) is 25.7 Å². The molecular formula is C21H29N5O4. The molecule has 30 heavy (non-hydrogen) atoms. The summed E-state index contributed by atoms with van der Waals surface area (Å²) in [4.78, 5) is 34.1. The number of hydrogen-bond acceptors (Lipinski definition) is 7. The number of rotatable bonds is 9. The van der Waals surface area contributed by atoms with E-state index in [-0.39, 0.29) is 30.5 Å². The van der Waals surface area contributed by atoms with Crippen LogP contribution in [0.4, 0.5) is 0 Å². The minimum absolute atomic E-state index is 0.0352. The monoisotopic (exact) mass is 415 g/mol. The van der Waals surface area contributed by atoms with Gasteiger partial charge in [-0.15, -0.1) is 0 Å². The number of carbonyl (C=O) groups excluding carboxylic acids is 1. The zero-order chi connectivity index (χ0) is 22.5. The second-order valence-electron chi connectivity index (χ2n) is 7.56. The average Bonchev–Trinajstić information content (AvgIpc) is 2.71. The molecule has 0 saturated heterocycles. The summed E-state index contributed by atoms with van der Waals surface area (Å²) in [5.41, 5.74) is -0.765. The van der Waals surface area contributed by atoms with Crippen molar-refractivity contribution in [2.24, 2.45) is 5.92 Å². The molecule has 1 amide bonds. The number of amides is 1. The molecule has 1 heterocycles. The van der Waals surface area contributed by atoms with E-state index in [4.69, 9.17) is 9.47 Å². The highest BCUT2D eigenvalue weighted by Crippen LogP contribution is 2.29. The Hall–Kier alpha value is -3.12. The van der Waals surface area contributed by atoms with Crippen LogP contribution in [0.5, 0.6) is 11.5 Å². The van der Waals surface area contributed by atoms with Crippen molar-refractivity contribution < 1.29 is 14.3 Å². The molecule has 162 valence electrons. The number of likely N-dealkylation sites (N-methyl/N-ethyl adjacent to an activating group) is 1. The van der Waals surface area contributed by atoms with E-state index >= 15 is 0 Å². The SMILES string of the molecule is CCN(CC(=O)N[C@@](C)(C#N)C(C)C)Cc1nc2cc(OC)c(OC)cc2c(=O)[nH]1. The molecule has 9 nitrogen and oxygen atoms in total. The van der Waals surface area contributed by atoms with Crippen LogP contribution in [0.1, 0.15) is 33.5 Å². The number of fused-ring (bicyclic) bond motifs is 1. The van der Waals surface area contributed by atoms with Crippen LogP contribution in [0.3, 0.4) is 0 Å². The smallest absolute Gasteiger partial charge is 0.258 e. The van der Waals surface area contributed by atoms with Gasteiger partial charge in [-0.05, 0) is 25.5 Å². The summed E-state index contributed by atoms with van der Waals surface area (Å²) in [5.74, 6) is 1.06. The zero-order valence-electron chi connectivity index (χ0n) is 18.3. The first-order chi connectivity index (χ1) is 14.2. The third-order valence-corrected chi connectivity index (χ3v) is 5.23. The number of hydrogen-bond donors (Lipinski definition) is 2. The fourth-order valence-electron chi connectivity index (χ4n) is 2.91. The highest BCUT2D eigenvalue weighted by molar-refractivity contribution is 5.82. The van der Waals surface area contributed by atoms with E-state index < -0.39 is 5.54 Å². The molecule has 0 spiro atoms. The van der Waals surface area contributed by atoms with Crippen molar-refractivity contribution in [2.45, 2.75) is 39.8 Å². The quantitative estimate of drug-likeness (QED) is 0.641. The molecule has 1 atom stereocenters. The van der Waals surface area contributed by atoms with Gasteiger partial charge in [0.15, 0.2) is 11.5 Å². The normalized spacial score (nSPS) is 13.2. The van der Waals surface area contributed by atoms with Gasteiger partial charge < -0.3 is 19.8 Å². The van der Waals surface area contributed by atoms with E-state index in [2.05, 4.69) is 21.4 Å². The van der Waals surface area contributed by atoms with Crippen molar-refractivity contribution in [1.29, 1.82) is 5.26 Å². The van der Waals surface area contributed by atoms with Gasteiger partial charge in [0.2, 0.25) is 5.91 Å². The lowest BCUT2D eigenvalue weighted by Crippen LogP contribution is -2.51. The fourth-order valence-corrected chi connectivity index (χ4v) is 2.91. The van der Waals surface area contributed by atoms with Crippen LogP contribution < -0.4 is 20.3 Å². The van der Waals surface area contributed by atoms with Crippen molar-refractivity contribution in [2.75, 3.05) is 27.3 Å². The molecule has 2 N–H and O–H groups in total. The number of ether oxygens (including phenoxy) is 2. The van der Waals surface area contributed by atoms with Crippen molar-refractivity contribution in [1.82, 2.24) is 20.2 Å². The molecule has 0 saturated carbocycles. The lowest BCUT2D eigenvalue weighted by atomic mass is 9.90. The molecule has 0 bridgehead atoms. The molecule has 0 aliphatic heterocycles. The maximum absolute atomic E-state index is 12.5. The second-order valence-corrected chi connectivity index (χ2v) is 7.56. The maximum atomic E-state index is 12.5. The van der Waals surface area contributed by atoms with Gasteiger partial charge in [-0.3, -0.25) is 14.5 Å². The summed E-state index contributed by atoms with van der Waals surface area (Å²) in [6.45, 7) is 8.29. The summed E-state index contributed by atoms with van der Waals surface area (Å²) >= 11 is 0. The predicted octanol–water partition coefficient (Wildman–Crippen LogP) is 1.82. The third-order valence-electron chi connectivity index (χ3n) is 5.23. The minimum Gasteiger partial charge on any atom is -0.493 e. The molecule has 0 aliphatic carbocycles. The van der Waals surface area contributed by atoms with Gasteiger partial charge in [0.1, 0.15) is 11.4 Å². The largest absolute Gasteiger partial charge is 0.493 e. The van der Waals surface area contributed by atoms with Gasteiger partial charge in [-0.2, -0.15) is 5.26 Å². The van der Waals surface area contributed by atoms with Crippen molar-refractivity contribution in [3.8, 4) is 17.6 Å². The molecule has 0 radical (unpaired) electrons. The number of methoxy groups -OCH3 is 2. The molecule has 0 unspecified atom stereocenters. The summed E-state index contributed by atoms with van der Waals surface area (Å²) in [6.07, 6.45) is 0. The highest BCUT2D eigenvalue weighted by Gasteiger charge is 2.30. The standard InChI is InChI=1S/C21H29N5O4/c1-7-26(11-19(27)25-21(4,12-22)13(2)3)10-18-23-15-9-17(30-6)16(29-5)8-14(15)20(28)24-18/h8-9,13H,7,10-11H2,1-6H3,(H,25,27)(H,23,24,28)/t21-/m0/s1. The summed E-state index contributed by atoms with van der Waals surface area (Å²) in [7, 11) is 3.02. The molecule has 1 aromatic heterocycles. The van der Waals surface area contributed by atoms with Crippen LogP contribution in [0, 0.1) is 17.2 Å². The Kier molecular flexibility index (Phi) is 7.40. The Labute approximate surface area is 176 Å². The number of nitrogens with zero attached hydrogens (tertiary/aromatic N) is 3. The van der Waals surface area contributed by atoms with Gasteiger partial charge in [0.05, 0.1) is 44.3 Å². The second kappa shape index (κ2) is 9.59. The van der Waals surface area contributed by atoms with E-state index in [1.54, 1.807) is 19.1 Å². The number of nitriles is 1. The van der Waals surface area contributed by atoms with Gasteiger partial charge in [-0.25, -0.2) is 4.98 Å². The molecule has 0 aliphatic rings. The lowest BCUT2D eigenvalue weighted by molar-refractivity contribution is -0.124. The van der Waals surface area contributed by atoms with Gasteiger partial charge in [0.25, 0.3) is 5.56 Å². The molecule has 0 fully saturated rings. The van der Waals surface area contributed by atoms with E-state index in [0.717, 1.165) is 0 Å². The Bertz CT molecular complexity index is 1010. The first-order valence-corrected chi connectivity index (χ1v) is 9.76. The number of benzene rings is 1. The van der Waals surface area contributed by atoms with Crippen LogP contribution >= 0.6 is 0 Å². The average molecular weight is 415 g/mol. The van der Waals surface area contributed by atoms with Crippen LogP contribution in [0.25, 0.3) is 10.9 Å². The Morgan fingerprint density at radius 3 is 2.50 bits per heavy atom. The number of aromatic nitrogens is 2. The highest BCUT2D eigenvalue weighted by atomic mass is 16.5. The molecule has 2 rings (SSSR count). The van der Waals surface area contributed by atoms with Gasteiger partial charge >= 0.3 is 0 Å². The third kappa shape index (κ3) is 5.07. The van der Waals surface area contributed by atoms with Gasteiger partial charge in [-0.1, -0.05) is 20.8 Å². The molecular weight excluding hydrogens is 386 g/mol. The molecule has 9 heteroatoms. The topological polar surface area (TPSA) is 120 Å². The van der Waals surface area contributed by atoms with E-state index in [1.165, 1.54) is 14.2 Å². The van der Waals surface area contributed by atoms with Crippen molar-refractivity contribution >= 4 is 16.8 Å². The molecule has 2 aromatic rings. The Morgan fingerprint density at radius 2 is 1.97 bits per heavy atom. The van der Waals surface area contributed by atoms with Crippen molar-refractivity contribution in [3.05, 3.63) is 28.3 Å². The Balaban J connectivity index is 2.24. The summed E-state index contributed by atoms with van der Waals surface area (Å²) < 4.78 is 10.5. The first-order valence-electron chi connectivity index (χ1n) is 9.76.